The molecule has 0 fully saturated rings. The summed E-state index contributed by atoms with van der Waals surface area (Å²) in [7, 11) is 0. The molecule has 0 unspecified atom stereocenters. The van der Waals surface area contributed by atoms with Gasteiger partial charge < -0.3 is 0 Å². The van der Waals surface area contributed by atoms with Gasteiger partial charge in [-0.15, -0.1) is 0 Å². The number of halogens is 1. The molecule has 2 aromatic carbocycles. The Kier molecular flexibility index (Phi) is 2.36. The lowest BCUT2D eigenvalue weighted by Crippen LogP contribution is -1.88. The largest absolute Gasteiger partial charge is 0.0654 e. The fraction of sp³-hybridized carbons (Fsp3) is 0.200. The molecular weight excluding hydrogens is 260 g/mol. The monoisotopic (exact) mass is 272 g/mol. The van der Waals surface area contributed by atoms with Crippen molar-refractivity contribution in [3.63, 3.8) is 0 Å². The highest BCUT2D eigenvalue weighted by Gasteiger charge is 2.16. The molecule has 80 valence electrons. The topological polar surface area (TPSA) is 0 Å². The number of fused-ring (bicyclic) bond motifs is 3. The number of hydrogen-bond acceptors (Lipinski definition) is 0. The van der Waals surface area contributed by atoms with E-state index in [0.717, 1.165) is 12.8 Å². The van der Waals surface area contributed by atoms with Crippen LogP contribution in [0.25, 0.3) is 16.8 Å². The van der Waals surface area contributed by atoms with Crippen LogP contribution in [0, 0.1) is 0 Å². The zero-order chi connectivity index (χ0) is 11.1. The molecule has 1 aliphatic carbocycles. The second-order valence-corrected chi connectivity index (χ2v) is 5.16. The van der Waals surface area contributed by atoms with Crippen molar-refractivity contribution in [2.45, 2.75) is 19.8 Å². The van der Waals surface area contributed by atoms with Gasteiger partial charge in [0.25, 0.3) is 0 Å². The highest BCUT2D eigenvalue weighted by molar-refractivity contribution is 9.10. The Morgan fingerprint density at radius 3 is 2.88 bits per heavy atom. The van der Waals surface area contributed by atoms with Crippen molar-refractivity contribution >= 4 is 32.8 Å². The lowest BCUT2D eigenvalue weighted by atomic mass is 10.00. The van der Waals surface area contributed by atoms with E-state index in [1.807, 2.05) is 0 Å². The van der Waals surface area contributed by atoms with Crippen molar-refractivity contribution < 1.29 is 0 Å². The molecular formula is C15H13Br. The Morgan fingerprint density at radius 1 is 1.25 bits per heavy atom. The smallest absolute Gasteiger partial charge is 0.0256 e. The van der Waals surface area contributed by atoms with Crippen molar-refractivity contribution in [1.82, 2.24) is 0 Å². The maximum Gasteiger partial charge on any atom is 0.0256 e. The first-order valence-corrected chi connectivity index (χ1v) is 6.48. The molecule has 0 bridgehead atoms. The Labute approximate surface area is 104 Å². The van der Waals surface area contributed by atoms with Crippen LogP contribution >= 0.6 is 15.9 Å². The summed E-state index contributed by atoms with van der Waals surface area (Å²) >= 11 is 3.68. The van der Waals surface area contributed by atoms with Gasteiger partial charge in [0.2, 0.25) is 0 Å². The van der Waals surface area contributed by atoms with Gasteiger partial charge in [0.1, 0.15) is 0 Å². The van der Waals surface area contributed by atoms with Crippen LogP contribution in [0.15, 0.2) is 40.4 Å². The van der Waals surface area contributed by atoms with Crippen molar-refractivity contribution in [3.8, 4) is 0 Å². The third-order valence-electron chi connectivity index (χ3n) is 3.36. The van der Waals surface area contributed by atoms with E-state index in [0.29, 0.717) is 0 Å². The van der Waals surface area contributed by atoms with Crippen LogP contribution in [0.4, 0.5) is 0 Å². The van der Waals surface area contributed by atoms with E-state index in [9.17, 15) is 0 Å². The van der Waals surface area contributed by atoms with E-state index in [1.54, 1.807) is 0 Å². The first-order valence-electron chi connectivity index (χ1n) is 5.69. The van der Waals surface area contributed by atoms with Gasteiger partial charge in [-0.3, -0.25) is 0 Å². The molecule has 0 amide bonds. The first kappa shape index (κ1) is 10.1. The number of allylic oxidation sites excluding steroid dienone is 1. The molecule has 0 radical (unpaired) electrons. The van der Waals surface area contributed by atoms with Crippen LogP contribution in [-0.2, 0) is 6.42 Å². The molecule has 1 aliphatic rings. The SMILES string of the molecule is CCC1=Cc2c(Br)cc3ccccc3c2C1. The van der Waals surface area contributed by atoms with Crippen LogP contribution < -0.4 is 0 Å². The molecule has 0 heterocycles. The molecule has 1 heteroatoms. The molecule has 0 N–H and O–H groups in total. The standard InChI is InChI=1S/C15H13Br/c1-2-10-7-13-12-6-4-3-5-11(12)9-15(16)14(13)8-10/h3-6,8-9H,2,7H2,1H3. The third-order valence-corrected chi connectivity index (χ3v) is 4.01. The highest BCUT2D eigenvalue weighted by atomic mass is 79.9. The summed E-state index contributed by atoms with van der Waals surface area (Å²) in [6.07, 6.45) is 4.60. The minimum Gasteiger partial charge on any atom is -0.0654 e. The Hall–Kier alpha value is -1.08. The molecule has 16 heavy (non-hydrogen) atoms. The van der Waals surface area contributed by atoms with E-state index >= 15 is 0 Å². The summed E-state index contributed by atoms with van der Waals surface area (Å²) in [5.74, 6) is 0. The van der Waals surface area contributed by atoms with Gasteiger partial charge >= 0.3 is 0 Å². The first-order chi connectivity index (χ1) is 7.79. The molecule has 0 spiro atoms. The maximum absolute atomic E-state index is 3.68. The van der Waals surface area contributed by atoms with Crippen LogP contribution in [0.2, 0.25) is 0 Å². The summed E-state index contributed by atoms with van der Waals surface area (Å²) in [6.45, 7) is 2.23. The third kappa shape index (κ3) is 1.42. The Balaban J connectivity index is 2.32. The quantitative estimate of drug-likeness (QED) is 0.689. The van der Waals surface area contributed by atoms with E-state index in [1.165, 1.54) is 31.9 Å². The van der Waals surface area contributed by atoms with Crippen LogP contribution in [0.1, 0.15) is 24.5 Å². The summed E-state index contributed by atoms with van der Waals surface area (Å²) in [5, 5.41) is 2.74. The Bertz CT molecular complexity index is 594. The van der Waals surface area contributed by atoms with E-state index < -0.39 is 0 Å². The molecule has 0 nitrogen and oxygen atoms in total. The molecule has 0 atom stereocenters. The Morgan fingerprint density at radius 2 is 2.06 bits per heavy atom. The summed E-state index contributed by atoms with van der Waals surface area (Å²) in [4.78, 5) is 0. The molecule has 3 rings (SSSR count). The molecule has 2 aromatic rings. The van der Waals surface area contributed by atoms with Gasteiger partial charge in [-0.25, -0.2) is 0 Å². The van der Waals surface area contributed by atoms with Crippen molar-refractivity contribution in [1.29, 1.82) is 0 Å². The molecule has 0 saturated heterocycles. The average molecular weight is 273 g/mol. The second kappa shape index (κ2) is 3.74. The average Bonchev–Trinajstić information content (AvgIpc) is 2.74. The van der Waals surface area contributed by atoms with Crippen LogP contribution in [0.3, 0.4) is 0 Å². The summed E-state index contributed by atoms with van der Waals surface area (Å²) in [6, 6.07) is 10.9. The molecule has 0 aromatic heterocycles. The number of benzene rings is 2. The predicted octanol–water partition coefficient (Wildman–Crippen LogP) is 4.95. The van der Waals surface area contributed by atoms with Crippen molar-refractivity contribution in [2.75, 3.05) is 0 Å². The lowest BCUT2D eigenvalue weighted by Gasteiger charge is -2.07. The maximum atomic E-state index is 3.68. The van der Waals surface area contributed by atoms with Gasteiger partial charge in [0, 0.05) is 4.47 Å². The van der Waals surface area contributed by atoms with E-state index in [-0.39, 0.29) is 0 Å². The van der Waals surface area contributed by atoms with Crippen LogP contribution in [-0.4, -0.2) is 0 Å². The van der Waals surface area contributed by atoms with Crippen molar-refractivity contribution in [2.24, 2.45) is 0 Å². The summed E-state index contributed by atoms with van der Waals surface area (Å²) < 4.78 is 1.23. The number of rotatable bonds is 1. The molecule has 0 saturated carbocycles. The van der Waals surface area contributed by atoms with E-state index in [4.69, 9.17) is 0 Å². The van der Waals surface area contributed by atoms with Gasteiger partial charge in [-0.1, -0.05) is 58.8 Å². The van der Waals surface area contributed by atoms with Gasteiger partial charge in [0.05, 0.1) is 0 Å². The number of hydrogen-bond donors (Lipinski definition) is 0. The summed E-state index contributed by atoms with van der Waals surface area (Å²) in [5.41, 5.74) is 4.41. The lowest BCUT2D eigenvalue weighted by molar-refractivity contribution is 1.04. The zero-order valence-corrected chi connectivity index (χ0v) is 10.8. The fourth-order valence-corrected chi connectivity index (χ4v) is 3.06. The minimum atomic E-state index is 1.12. The second-order valence-electron chi connectivity index (χ2n) is 4.30. The van der Waals surface area contributed by atoms with Crippen molar-refractivity contribution in [3.05, 3.63) is 51.5 Å². The van der Waals surface area contributed by atoms with Gasteiger partial charge in [0.15, 0.2) is 0 Å². The van der Waals surface area contributed by atoms with E-state index in [2.05, 4.69) is 59.3 Å². The zero-order valence-electron chi connectivity index (χ0n) is 9.26. The van der Waals surface area contributed by atoms with Gasteiger partial charge in [-0.05, 0) is 40.8 Å². The normalized spacial score (nSPS) is 14.0. The minimum absolute atomic E-state index is 1.12. The fourth-order valence-electron chi connectivity index (χ4n) is 2.46. The predicted molar refractivity (Wildman–Crippen MR) is 73.6 cm³/mol. The highest BCUT2D eigenvalue weighted by Crippen LogP contribution is 2.37. The molecule has 0 aliphatic heterocycles. The van der Waals surface area contributed by atoms with Crippen LogP contribution in [0.5, 0.6) is 0 Å². The van der Waals surface area contributed by atoms with Gasteiger partial charge in [-0.2, -0.15) is 0 Å².